The van der Waals surface area contributed by atoms with E-state index in [1.807, 2.05) is 18.2 Å². The first kappa shape index (κ1) is 15.4. The Morgan fingerprint density at radius 2 is 1.67 bits per heavy atom. The minimum atomic E-state index is -3.25. The summed E-state index contributed by atoms with van der Waals surface area (Å²) in [6.45, 7) is 4.90. The zero-order valence-electron chi connectivity index (χ0n) is 12.5. The Balaban J connectivity index is 2.10. The Morgan fingerprint density at radius 1 is 1.00 bits per heavy atom. The van der Waals surface area contributed by atoms with Crippen molar-refractivity contribution in [2.45, 2.75) is 20.4 Å². The SMILES string of the molecule is Cc1cccc(CNc2cccc(NS(C)(=O)=O)c2)c1C. The second kappa shape index (κ2) is 6.18. The normalized spacial score (nSPS) is 11.2. The molecule has 0 fully saturated rings. The van der Waals surface area contributed by atoms with Crippen molar-refractivity contribution in [3.05, 3.63) is 59.2 Å². The third-order valence-corrected chi connectivity index (χ3v) is 3.97. The fraction of sp³-hybridized carbons (Fsp3) is 0.250. The van der Waals surface area contributed by atoms with Gasteiger partial charge in [0, 0.05) is 12.2 Å². The number of sulfonamides is 1. The van der Waals surface area contributed by atoms with E-state index in [9.17, 15) is 8.42 Å². The summed E-state index contributed by atoms with van der Waals surface area (Å²) in [7, 11) is -3.25. The van der Waals surface area contributed by atoms with Crippen LogP contribution in [0.1, 0.15) is 16.7 Å². The molecule has 2 aromatic rings. The fourth-order valence-corrected chi connectivity index (χ4v) is 2.66. The van der Waals surface area contributed by atoms with Gasteiger partial charge in [-0.1, -0.05) is 24.3 Å². The van der Waals surface area contributed by atoms with Gasteiger partial charge in [-0.15, -0.1) is 0 Å². The maximum Gasteiger partial charge on any atom is 0.229 e. The number of nitrogens with one attached hydrogen (secondary N) is 2. The van der Waals surface area contributed by atoms with Gasteiger partial charge in [-0.05, 0) is 48.7 Å². The molecule has 0 saturated heterocycles. The summed E-state index contributed by atoms with van der Waals surface area (Å²) < 4.78 is 25.0. The molecule has 0 aromatic heterocycles. The summed E-state index contributed by atoms with van der Waals surface area (Å²) in [5.74, 6) is 0. The zero-order chi connectivity index (χ0) is 15.5. The van der Waals surface area contributed by atoms with E-state index in [1.165, 1.54) is 16.7 Å². The van der Waals surface area contributed by atoms with Crippen molar-refractivity contribution in [3.63, 3.8) is 0 Å². The molecule has 2 N–H and O–H groups in total. The van der Waals surface area contributed by atoms with Crippen molar-refractivity contribution in [1.82, 2.24) is 0 Å². The van der Waals surface area contributed by atoms with Crippen molar-refractivity contribution in [1.29, 1.82) is 0 Å². The van der Waals surface area contributed by atoms with E-state index in [1.54, 1.807) is 12.1 Å². The number of anilines is 2. The number of hydrogen-bond acceptors (Lipinski definition) is 3. The lowest BCUT2D eigenvalue weighted by Gasteiger charge is -2.12. The van der Waals surface area contributed by atoms with Crippen LogP contribution in [0.15, 0.2) is 42.5 Å². The van der Waals surface area contributed by atoms with Crippen LogP contribution in [0.4, 0.5) is 11.4 Å². The fourth-order valence-electron chi connectivity index (χ4n) is 2.11. The molecular weight excluding hydrogens is 284 g/mol. The second-order valence-corrected chi connectivity index (χ2v) is 6.92. The molecule has 0 radical (unpaired) electrons. The summed E-state index contributed by atoms with van der Waals surface area (Å²) in [6.07, 6.45) is 1.14. The summed E-state index contributed by atoms with van der Waals surface area (Å²) >= 11 is 0. The number of rotatable bonds is 5. The highest BCUT2D eigenvalue weighted by atomic mass is 32.2. The summed E-state index contributed by atoms with van der Waals surface area (Å²) in [4.78, 5) is 0. The Bertz CT molecular complexity index is 740. The van der Waals surface area contributed by atoms with Crippen LogP contribution in [-0.4, -0.2) is 14.7 Å². The molecule has 2 rings (SSSR count). The number of benzene rings is 2. The molecule has 0 saturated carbocycles. The summed E-state index contributed by atoms with van der Waals surface area (Å²) in [5, 5.41) is 3.32. The molecule has 0 heterocycles. The molecule has 0 aliphatic rings. The third kappa shape index (κ3) is 4.49. The van der Waals surface area contributed by atoms with Gasteiger partial charge in [0.15, 0.2) is 0 Å². The van der Waals surface area contributed by atoms with Gasteiger partial charge in [0.25, 0.3) is 0 Å². The van der Waals surface area contributed by atoms with Crippen molar-refractivity contribution < 1.29 is 8.42 Å². The molecule has 0 aliphatic heterocycles. The molecule has 2 aromatic carbocycles. The van der Waals surface area contributed by atoms with Gasteiger partial charge in [0.05, 0.1) is 11.9 Å². The van der Waals surface area contributed by atoms with Gasteiger partial charge >= 0.3 is 0 Å². The highest BCUT2D eigenvalue weighted by molar-refractivity contribution is 7.92. The van der Waals surface area contributed by atoms with Gasteiger partial charge < -0.3 is 5.32 Å². The van der Waals surface area contributed by atoms with E-state index in [4.69, 9.17) is 0 Å². The first-order chi connectivity index (χ1) is 9.85. The van der Waals surface area contributed by atoms with Gasteiger partial charge in [-0.25, -0.2) is 8.42 Å². The Morgan fingerprint density at radius 3 is 2.38 bits per heavy atom. The predicted molar refractivity (Wildman–Crippen MR) is 88.2 cm³/mol. The van der Waals surface area contributed by atoms with E-state index in [0.717, 1.165) is 11.9 Å². The highest BCUT2D eigenvalue weighted by Gasteiger charge is 2.04. The average Bonchev–Trinajstić information content (AvgIpc) is 2.39. The van der Waals surface area contributed by atoms with E-state index in [2.05, 4.69) is 36.0 Å². The third-order valence-electron chi connectivity index (χ3n) is 3.37. The molecule has 0 aliphatic carbocycles. The Hall–Kier alpha value is -2.01. The van der Waals surface area contributed by atoms with Crippen molar-refractivity contribution >= 4 is 21.4 Å². The maximum absolute atomic E-state index is 11.2. The monoisotopic (exact) mass is 304 g/mol. The zero-order valence-corrected chi connectivity index (χ0v) is 13.3. The lowest BCUT2D eigenvalue weighted by Crippen LogP contribution is -2.10. The average molecular weight is 304 g/mol. The molecular formula is C16H20N2O2S. The minimum Gasteiger partial charge on any atom is -0.381 e. The molecule has 0 unspecified atom stereocenters. The van der Waals surface area contributed by atoms with Crippen LogP contribution in [0.5, 0.6) is 0 Å². The van der Waals surface area contributed by atoms with Crippen LogP contribution < -0.4 is 10.0 Å². The van der Waals surface area contributed by atoms with Gasteiger partial charge in [0.2, 0.25) is 10.0 Å². The van der Waals surface area contributed by atoms with Crippen LogP contribution in [0, 0.1) is 13.8 Å². The van der Waals surface area contributed by atoms with E-state index in [0.29, 0.717) is 12.2 Å². The van der Waals surface area contributed by atoms with Crippen molar-refractivity contribution in [3.8, 4) is 0 Å². The molecule has 0 bridgehead atoms. The highest BCUT2D eigenvalue weighted by Crippen LogP contribution is 2.18. The molecule has 112 valence electrons. The Kier molecular flexibility index (Phi) is 4.53. The smallest absolute Gasteiger partial charge is 0.229 e. The van der Waals surface area contributed by atoms with Crippen LogP contribution in [0.2, 0.25) is 0 Å². The van der Waals surface area contributed by atoms with E-state index >= 15 is 0 Å². The van der Waals surface area contributed by atoms with Crippen molar-refractivity contribution in [2.75, 3.05) is 16.3 Å². The molecule has 5 heteroatoms. The molecule has 0 amide bonds. The topological polar surface area (TPSA) is 58.2 Å². The van der Waals surface area contributed by atoms with E-state index in [-0.39, 0.29) is 0 Å². The standard InChI is InChI=1S/C16H20N2O2S/c1-12-6-4-7-14(13(12)2)11-17-15-8-5-9-16(10-15)18-21(3,19)20/h4-10,17-18H,11H2,1-3H3. The second-order valence-electron chi connectivity index (χ2n) is 5.17. The van der Waals surface area contributed by atoms with Gasteiger partial charge in [-0.3, -0.25) is 4.72 Å². The van der Waals surface area contributed by atoms with Gasteiger partial charge in [-0.2, -0.15) is 0 Å². The molecule has 4 nitrogen and oxygen atoms in total. The molecule has 0 atom stereocenters. The largest absolute Gasteiger partial charge is 0.381 e. The maximum atomic E-state index is 11.2. The number of hydrogen-bond donors (Lipinski definition) is 2. The predicted octanol–water partition coefficient (Wildman–Crippen LogP) is 3.29. The summed E-state index contributed by atoms with van der Waals surface area (Å²) in [5.41, 5.74) is 5.21. The lowest BCUT2D eigenvalue weighted by atomic mass is 10.0. The van der Waals surface area contributed by atoms with Crippen molar-refractivity contribution in [2.24, 2.45) is 0 Å². The van der Waals surface area contributed by atoms with Crippen LogP contribution in [0.3, 0.4) is 0 Å². The van der Waals surface area contributed by atoms with Crippen LogP contribution >= 0.6 is 0 Å². The van der Waals surface area contributed by atoms with E-state index < -0.39 is 10.0 Å². The lowest BCUT2D eigenvalue weighted by molar-refractivity contribution is 0.607. The first-order valence-electron chi connectivity index (χ1n) is 6.72. The van der Waals surface area contributed by atoms with Crippen LogP contribution in [0.25, 0.3) is 0 Å². The minimum absolute atomic E-state index is 0.559. The van der Waals surface area contributed by atoms with Gasteiger partial charge in [0.1, 0.15) is 0 Å². The van der Waals surface area contributed by atoms with Crippen LogP contribution in [-0.2, 0) is 16.6 Å². The number of aryl methyl sites for hydroxylation is 1. The first-order valence-corrected chi connectivity index (χ1v) is 8.61. The summed E-state index contributed by atoms with van der Waals surface area (Å²) in [6, 6.07) is 13.5. The molecule has 0 spiro atoms. The Labute approximate surface area is 126 Å². The quantitative estimate of drug-likeness (QED) is 0.891. The molecule has 21 heavy (non-hydrogen) atoms.